The van der Waals surface area contributed by atoms with Gasteiger partial charge >= 0.3 is 0 Å². The second kappa shape index (κ2) is 4.40. The Hall–Kier alpha value is -1.33. The lowest BCUT2D eigenvalue weighted by molar-refractivity contribution is -0.384. The highest BCUT2D eigenvalue weighted by Crippen LogP contribution is 2.41. The Morgan fingerprint density at radius 2 is 2.28 bits per heavy atom. The summed E-state index contributed by atoms with van der Waals surface area (Å²) in [6.07, 6.45) is 1.07. The van der Waals surface area contributed by atoms with Crippen LogP contribution in [-0.4, -0.2) is 30.6 Å². The van der Waals surface area contributed by atoms with Crippen molar-refractivity contribution in [3.05, 3.63) is 33.3 Å². The van der Waals surface area contributed by atoms with Gasteiger partial charge in [0.1, 0.15) is 5.69 Å². The first-order valence-electron chi connectivity index (χ1n) is 6.08. The smallest absolute Gasteiger partial charge is 0.294 e. The van der Waals surface area contributed by atoms with E-state index in [-0.39, 0.29) is 10.6 Å². The quantitative estimate of drug-likeness (QED) is 0.658. The Morgan fingerprint density at radius 3 is 3.06 bits per heavy atom. The van der Waals surface area contributed by atoms with Crippen LogP contribution in [0.4, 0.5) is 11.4 Å². The molecule has 2 heterocycles. The normalized spacial score (nSPS) is 26.4. The fraction of sp³-hybridized carbons (Fsp3) is 0.500. The van der Waals surface area contributed by atoms with Crippen molar-refractivity contribution in [1.82, 2.24) is 5.32 Å². The summed E-state index contributed by atoms with van der Waals surface area (Å²) in [5.74, 6) is 0.584. The fourth-order valence-corrected chi connectivity index (χ4v) is 3.34. The molecule has 0 bridgehead atoms. The Kier molecular flexibility index (Phi) is 2.87. The average Bonchev–Trinajstić information content (AvgIpc) is 2.91. The highest BCUT2D eigenvalue weighted by atomic mass is 35.5. The number of fused-ring (bicyclic) bond motifs is 1. The van der Waals surface area contributed by atoms with Gasteiger partial charge < -0.3 is 10.2 Å². The van der Waals surface area contributed by atoms with Crippen molar-refractivity contribution in [1.29, 1.82) is 0 Å². The first-order chi connectivity index (χ1) is 8.68. The van der Waals surface area contributed by atoms with E-state index in [1.807, 2.05) is 0 Å². The van der Waals surface area contributed by atoms with Crippen LogP contribution in [0.25, 0.3) is 0 Å². The lowest BCUT2D eigenvalue weighted by Crippen LogP contribution is -2.34. The summed E-state index contributed by atoms with van der Waals surface area (Å²) in [5.41, 5.74) is 0.690. The largest absolute Gasteiger partial charge is 0.360 e. The number of nitro groups is 1. The zero-order valence-corrected chi connectivity index (χ0v) is 10.6. The van der Waals surface area contributed by atoms with Gasteiger partial charge in [0.25, 0.3) is 5.69 Å². The van der Waals surface area contributed by atoms with Gasteiger partial charge in [-0.2, -0.15) is 0 Å². The minimum absolute atomic E-state index is 0.107. The van der Waals surface area contributed by atoms with E-state index in [0.29, 0.717) is 22.7 Å². The van der Waals surface area contributed by atoms with E-state index in [9.17, 15) is 10.1 Å². The molecule has 2 aliphatic heterocycles. The molecule has 0 aromatic heterocycles. The minimum atomic E-state index is -0.350. The van der Waals surface area contributed by atoms with Crippen molar-refractivity contribution in [3.63, 3.8) is 0 Å². The van der Waals surface area contributed by atoms with Gasteiger partial charge in [0.2, 0.25) is 0 Å². The van der Waals surface area contributed by atoms with Gasteiger partial charge in [-0.1, -0.05) is 17.7 Å². The molecule has 2 aliphatic rings. The molecule has 1 N–H and O–H groups in total. The van der Waals surface area contributed by atoms with Gasteiger partial charge in [-0.3, -0.25) is 10.1 Å². The van der Waals surface area contributed by atoms with Gasteiger partial charge in [0.05, 0.1) is 9.95 Å². The summed E-state index contributed by atoms with van der Waals surface area (Å²) in [6.45, 7) is 2.73. The third-order valence-electron chi connectivity index (χ3n) is 3.89. The van der Waals surface area contributed by atoms with Gasteiger partial charge in [-0.25, -0.2) is 0 Å². The van der Waals surface area contributed by atoms with Crippen LogP contribution < -0.4 is 10.2 Å². The van der Waals surface area contributed by atoms with E-state index in [1.54, 1.807) is 12.1 Å². The van der Waals surface area contributed by atoms with E-state index in [1.165, 1.54) is 6.07 Å². The Bertz CT molecular complexity index is 494. The number of nitrogens with zero attached hydrogens (tertiary/aromatic N) is 2. The fourth-order valence-electron chi connectivity index (χ4n) is 3.06. The van der Waals surface area contributed by atoms with Gasteiger partial charge in [0.15, 0.2) is 0 Å². The Labute approximate surface area is 110 Å². The second-order valence-electron chi connectivity index (χ2n) is 4.83. The van der Waals surface area contributed by atoms with Crippen LogP contribution in [-0.2, 0) is 0 Å². The monoisotopic (exact) mass is 267 g/mol. The average molecular weight is 268 g/mol. The first kappa shape index (κ1) is 11.7. The van der Waals surface area contributed by atoms with Crippen molar-refractivity contribution < 1.29 is 4.92 Å². The summed E-state index contributed by atoms with van der Waals surface area (Å²) in [7, 11) is 0. The molecule has 96 valence electrons. The van der Waals surface area contributed by atoms with Gasteiger partial charge in [-0.15, -0.1) is 0 Å². The molecule has 2 atom stereocenters. The van der Waals surface area contributed by atoms with Crippen LogP contribution in [0.2, 0.25) is 5.02 Å². The highest BCUT2D eigenvalue weighted by molar-refractivity contribution is 6.33. The lowest BCUT2D eigenvalue weighted by atomic mass is 10.0. The molecular formula is C12H14ClN3O2. The molecule has 0 radical (unpaired) electrons. The lowest BCUT2D eigenvalue weighted by Gasteiger charge is -2.26. The van der Waals surface area contributed by atoms with Crippen LogP contribution in [0.3, 0.4) is 0 Å². The van der Waals surface area contributed by atoms with Crippen molar-refractivity contribution >= 4 is 23.0 Å². The predicted molar refractivity (Wildman–Crippen MR) is 70.2 cm³/mol. The molecule has 1 aromatic rings. The standard InChI is InChI=1S/C12H14ClN3O2/c13-9-2-1-3-10(16(17)18)12(9)15-5-4-8-6-14-7-11(8)15/h1-3,8,11,14H,4-7H2/t8-,11+/m0/s1. The van der Waals surface area contributed by atoms with E-state index < -0.39 is 0 Å². The topological polar surface area (TPSA) is 58.4 Å². The maximum atomic E-state index is 11.1. The number of halogens is 1. The molecule has 1 aromatic carbocycles. The van der Waals surface area contributed by atoms with Gasteiger partial charge in [0, 0.05) is 31.7 Å². The molecule has 2 saturated heterocycles. The molecule has 18 heavy (non-hydrogen) atoms. The summed E-state index contributed by atoms with van der Waals surface area (Å²) in [5, 5.41) is 14.9. The number of nitro benzene ring substituents is 1. The van der Waals surface area contributed by atoms with Crippen molar-refractivity contribution in [2.45, 2.75) is 12.5 Å². The van der Waals surface area contributed by atoms with Crippen molar-refractivity contribution in [3.8, 4) is 0 Å². The number of nitrogens with one attached hydrogen (secondary N) is 1. The number of benzene rings is 1. The molecular weight excluding hydrogens is 254 g/mol. The van der Waals surface area contributed by atoms with Crippen LogP contribution >= 0.6 is 11.6 Å². The van der Waals surface area contributed by atoms with Gasteiger partial charge in [-0.05, 0) is 18.4 Å². The molecule has 0 unspecified atom stereocenters. The summed E-state index contributed by atoms with van der Waals surface area (Å²) < 4.78 is 0. The van der Waals surface area contributed by atoms with Crippen molar-refractivity contribution in [2.24, 2.45) is 5.92 Å². The molecule has 0 amide bonds. The number of hydrogen-bond acceptors (Lipinski definition) is 4. The van der Waals surface area contributed by atoms with E-state index in [2.05, 4.69) is 10.2 Å². The van der Waals surface area contributed by atoms with Crippen LogP contribution in [0.1, 0.15) is 6.42 Å². The number of rotatable bonds is 2. The zero-order chi connectivity index (χ0) is 12.7. The maximum absolute atomic E-state index is 11.1. The molecule has 3 rings (SSSR count). The van der Waals surface area contributed by atoms with Crippen LogP contribution in [0, 0.1) is 16.0 Å². The molecule has 0 saturated carbocycles. The summed E-state index contributed by atoms with van der Waals surface area (Å²) in [6, 6.07) is 5.21. The molecule has 6 heteroatoms. The predicted octanol–water partition coefficient (Wildman–Crippen LogP) is 2.05. The van der Waals surface area contributed by atoms with Crippen LogP contribution in [0.5, 0.6) is 0 Å². The number of para-hydroxylation sites is 1. The Morgan fingerprint density at radius 1 is 1.44 bits per heavy atom. The number of anilines is 1. The molecule has 5 nitrogen and oxygen atoms in total. The SMILES string of the molecule is O=[N+]([O-])c1cccc(Cl)c1N1CC[C@H]2CNC[C@H]21. The minimum Gasteiger partial charge on any atom is -0.360 e. The first-order valence-corrected chi connectivity index (χ1v) is 6.46. The zero-order valence-electron chi connectivity index (χ0n) is 9.80. The van der Waals surface area contributed by atoms with Crippen molar-refractivity contribution in [2.75, 3.05) is 24.5 Å². The van der Waals surface area contributed by atoms with E-state index >= 15 is 0 Å². The maximum Gasteiger partial charge on any atom is 0.294 e. The highest BCUT2D eigenvalue weighted by Gasteiger charge is 2.40. The summed E-state index contributed by atoms with van der Waals surface area (Å²) >= 11 is 6.18. The third-order valence-corrected chi connectivity index (χ3v) is 4.20. The third kappa shape index (κ3) is 1.74. The van der Waals surface area contributed by atoms with E-state index in [4.69, 9.17) is 11.6 Å². The Balaban J connectivity index is 2.03. The molecule has 0 aliphatic carbocycles. The second-order valence-corrected chi connectivity index (χ2v) is 5.24. The molecule has 0 spiro atoms. The number of hydrogen-bond donors (Lipinski definition) is 1. The molecule has 2 fully saturated rings. The van der Waals surface area contributed by atoms with Crippen LogP contribution in [0.15, 0.2) is 18.2 Å². The summed E-state index contributed by atoms with van der Waals surface area (Å²) in [4.78, 5) is 12.9. The van der Waals surface area contributed by atoms with E-state index in [0.717, 1.165) is 26.1 Å².